The summed E-state index contributed by atoms with van der Waals surface area (Å²) in [6.07, 6.45) is -4.71. The fourth-order valence-electron chi connectivity index (χ4n) is 1.85. The average molecular weight is 348 g/mol. The number of hydrogen-bond acceptors (Lipinski definition) is 1. The topological polar surface area (TPSA) is 26.0 Å². The van der Waals surface area contributed by atoms with Gasteiger partial charge in [-0.2, -0.15) is 13.2 Å². The lowest BCUT2D eigenvalue weighted by Gasteiger charge is -2.15. The van der Waals surface area contributed by atoms with Gasteiger partial charge in [-0.3, -0.25) is 0 Å². The normalized spacial score (nSPS) is 13.3. The molecule has 0 radical (unpaired) electrons. The molecule has 0 aliphatic rings. The molecule has 106 valence electrons. The second-order valence-electron chi connectivity index (χ2n) is 4.27. The van der Waals surface area contributed by atoms with Crippen LogP contribution < -0.4 is 5.73 Å². The van der Waals surface area contributed by atoms with Gasteiger partial charge >= 0.3 is 6.18 Å². The van der Waals surface area contributed by atoms with Gasteiger partial charge in [-0.05, 0) is 35.4 Å². The van der Waals surface area contributed by atoms with Crippen LogP contribution in [0.1, 0.15) is 22.7 Å². The fourth-order valence-corrected chi connectivity index (χ4v) is 2.26. The van der Waals surface area contributed by atoms with Crippen LogP contribution in [0.15, 0.2) is 46.9 Å². The molecule has 6 heteroatoms. The zero-order valence-corrected chi connectivity index (χ0v) is 11.7. The van der Waals surface area contributed by atoms with Crippen LogP contribution in [0, 0.1) is 5.82 Å². The van der Waals surface area contributed by atoms with Crippen LogP contribution in [0.5, 0.6) is 0 Å². The summed E-state index contributed by atoms with van der Waals surface area (Å²) in [6, 6.07) is 9.05. The first-order chi connectivity index (χ1) is 9.29. The van der Waals surface area contributed by atoms with Crippen LogP contribution in [-0.4, -0.2) is 0 Å². The van der Waals surface area contributed by atoms with Crippen molar-refractivity contribution in [3.05, 3.63) is 69.4 Å². The van der Waals surface area contributed by atoms with Gasteiger partial charge < -0.3 is 5.73 Å². The van der Waals surface area contributed by atoms with E-state index in [1.807, 2.05) is 0 Å². The minimum absolute atomic E-state index is 0.286. The second-order valence-corrected chi connectivity index (χ2v) is 5.19. The highest BCUT2D eigenvalue weighted by molar-refractivity contribution is 9.10. The molecule has 2 aromatic rings. The van der Waals surface area contributed by atoms with Gasteiger partial charge in [-0.25, -0.2) is 4.39 Å². The number of halogens is 5. The summed E-state index contributed by atoms with van der Waals surface area (Å²) in [4.78, 5) is 0. The van der Waals surface area contributed by atoms with Crippen molar-refractivity contribution in [1.82, 2.24) is 0 Å². The van der Waals surface area contributed by atoms with E-state index in [0.717, 1.165) is 10.5 Å². The number of benzene rings is 2. The molecule has 0 aliphatic heterocycles. The van der Waals surface area contributed by atoms with Gasteiger partial charge in [0.05, 0.1) is 11.6 Å². The molecule has 1 nitrogen and oxygen atoms in total. The highest BCUT2D eigenvalue weighted by atomic mass is 79.9. The lowest BCUT2D eigenvalue weighted by molar-refractivity contribution is -0.140. The number of hydrogen-bond donors (Lipinski definition) is 1. The molecule has 0 bridgehead atoms. The molecule has 0 heterocycles. The van der Waals surface area contributed by atoms with E-state index in [4.69, 9.17) is 5.73 Å². The average Bonchev–Trinajstić information content (AvgIpc) is 2.36. The van der Waals surface area contributed by atoms with Crippen molar-refractivity contribution in [1.29, 1.82) is 0 Å². The van der Waals surface area contributed by atoms with Crippen molar-refractivity contribution < 1.29 is 17.6 Å². The summed E-state index contributed by atoms with van der Waals surface area (Å²) in [5, 5.41) is 0. The molecule has 2 N–H and O–H groups in total. The standard InChI is InChI=1S/C14H10BrF4N/c15-10-3-1-2-8(6-10)13(20)9-4-5-11(12(16)7-9)14(17,18)19/h1-7,13H,20H2. The third-order valence-electron chi connectivity index (χ3n) is 2.87. The van der Waals surface area contributed by atoms with Gasteiger partial charge in [0, 0.05) is 4.47 Å². The molecule has 2 rings (SSSR count). The Kier molecular flexibility index (Phi) is 4.15. The number of nitrogens with two attached hydrogens (primary N) is 1. The Morgan fingerprint density at radius 2 is 1.65 bits per heavy atom. The molecular weight excluding hydrogens is 338 g/mol. The smallest absolute Gasteiger partial charge is 0.320 e. The van der Waals surface area contributed by atoms with E-state index < -0.39 is 23.6 Å². The SMILES string of the molecule is NC(c1cccc(Br)c1)c1ccc(C(F)(F)F)c(F)c1. The minimum Gasteiger partial charge on any atom is -0.320 e. The Bertz CT molecular complexity index is 625. The molecule has 1 unspecified atom stereocenters. The molecular formula is C14H10BrF4N. The van der Waals surface area contributed by atoms with E-state index in [1.165, 1.54) is 6.07 Å². The van der Waals surface area contributed by atoms with Crippen LogP contribution in [0.3, 0.4) is 0 Å². The van der Waals surface area contributed by atoms with Gasteiger partial charge in [-0.15, -0.1) is 0 Å². The zero-order valence-electron chi connectivity index (χ0n) is 10.1. The molecule has 0 aromatic heterocycles. The quantitative estimate of drug-likeness (QED) is 0.786. The summed E-state index contributed by atoms with van der Waals surface area (Å²) < 4.78 is 51.7. The maximum Gasteiger partial charge on any atom is 0.419 e. The summed E-state index contributed by atoms with van der Waals surface area (Å²) in [6.45, 7) is 0. The number of alkyl halides is 3. The van der Waals surface area contributed by atoms with Crippen LogP contribution in [-0.2, 0) is 6.18 Å². The molecule has 20 heavy (non-hydrogen) atoms. The number of rotatable bonds is 2. The van der Waals surface area contributed by atoms with Gasteiger partial charge in [-0.1, -0.05) is 34.1 Å². The molecule has 0 fully saturated rings. The molecule has 0 amide bonds. The monoisotopic (exact) mass is 347 g/mol. The zero-order chi connectivity index (χ0) is 14.9. The van der Waals surface area contributed by atoms with E-state index in [0.29, 0.717) is 11.6 Å². The molecule has 0 spiro atoms. The van der Waals surface area contributed by atoms with E-state index in [9.17, 15) is 17.6 Å². The highest BCUT2D eigenvalue weighted by Crippen LogP contribution is 2.33. The first-order valence-corrected chi connectivity index (χ1v) is 6.46. The lowest BCUT2D eigenvalue weighted by atomic mass is 9.98. The van der Waals surface area contributed by atoms with Crippen LogP contribution in [0.25, 0.3) is 0 Å². The van der Waals surface area contributed by atoms with Crippen molar-refractivity contribution in [2.45, 2.75) is 12.2 Å². The van der Waals surface area contributed by atoms with Crippen molar-refractivity contribution in [2.24, 2.45) is 5.73 Å². The summed E-state index contributed by atoms with van der Waals surface area (Å²) in [5.74, 6) is -1.32. The van der Waals surface area contributed by atoms with Gasteiger partial charge in [0.2, 0.25) is 0 Å². The third-order valence-corrected chi connectivity index (χ3v) is 3.36. The maximum absolute atomic E-state index is 13.5. The van der Waals surface area contributed by atoms with Crippen LogP contribution in [0.4, 0.5) is 17.6 Å². The Labute approximate surface area is 121 Å². The van der Waals surface area contributed by atoms with Crippen LogP contribution in [0.2, 0.25) is 0 Å². The molecule has 0 saturated heterocycles. The van der Waals surface area contributed by atoms with Crippen LogP contribution >= 0.6 is 15.9 Å². The first kappa shape index (κ1) is 15.0. The largest absolute Gasteiger partial charge is 0.419 e. The van der Waals surface area contributed by atoms with Crippen molar-refractivity contribution in [2.75, 3.05) is 0 Å². The minimum atomic E-state index is -4.71. The summed E-state index contributed by atoms with van der Waals surface area (Å²) in [5.41, 5.74) is 5.62. The molecule has 0 saturated carbocycles. The first-order valence-electron chi connectivity index (χ1n) is 5.66. The Balaban J connectivity index is 2.37. The Morgan fingerprint density at radius 1 is 1.00 bits per heavy atom. The Hall–Kier alpha value is -1.40. The second kappa shape index (κ2) is 5.54. The van der Waals surface area contributed by atoms with Gasteiger partial charge in [0.15, 0.2) is 0 Å². The molecule has 2 aromatic carbocycles. The Morgan fingerprint density at radius 3 is 2.20 bits per heavy atom. The predicted octanol–water partition coefficient (Wildman–Crippen LogP) is 4.66. The van der Waals surface area contributed by atoms with Crippen molar-refractivity contribution in [3.63, 3.8) is 0 Å². The van der Waals surface area contributed by atoms with E-state index in [2.05, 4.69) is 15.9 Å². The summed E-state index contributed by atoms with van der Waals surface area (Å²) in [7, 11) is 0. The fraction of sp³-hybridized carbons (Fsp3) is 0.143. The van der Waals surface area contributed by atoms with E-state index >= 15 is 0 Å². The van der Waals surface area contributed by atoms with Gasteiger partial charge in [0.25, 0.3) is 0 Å². The van der Waals surface area contributed by atoms with Gasteiger partial charge in [0.1, 0.15) is 5.82 Å². The van der Waals surface area contributed by atoms with Crippen molar-refractivity contribution >= 4 is 15.9 Å². The predicted molar refractivity (Wildman–Crippen MR) is 71.6 cm³/mol. The highest BCUT2D eigenvalue weighted by Gasteiger charge is 2.34. The lowest BCUT2D eigenvalue weighted by Crippen LogP contribution is -2.14. The molecule has 1 atom stereocenters. The van der Waals surface area contributed by atoms with E-state index in [1.54, 1.807) is 24.3 Å². The molecule has 0 aliphatic carbocycles. The third kappa shape index (κ3) is 3.19. The van der Waals surface area contributed by atoms with Crippen molar-refractivity contribution in [3.8, 4) is 0 Å². The maximum atomic E-state index is 13.5. The summed E-state index contributed by atoms with van der Waals surface area (Å²) >= 11 is 3.28. The van der Waals surface area contributed by atoms with E-state index in [-0.39, 0.29) is 5.56 Å².